The van der Waals surface area contributed by atoms with Crippen LogP contribution in [0.5, 0.6) is 5.75 Å². The predicted molar refractivity (Wildman–Crippen MR) is 146 cm³/mol. The Morgan fingerprint density at radius 3 is 2.73 bits per heavy atom. The van der Waals surface area contributed by atoms with Crippen LogP contribution in [-0.4, -0.2) is 71.7 Å². The van der Waals surface area contributed by atoms with Crippen molar-refractivity contribution < 1.29 is 9.53 Å². The molecule has 1 amide bonds. The van der Waals surface area contributed by atoms with Crippen LogP contribution in [0.25, 0.3) is 22.3 Å². The summed E-state index contributed by atoms with van der Waals surface area (Å²) in [5.74, 6) is 1.93. The van der Waals surface area contributed by atoms with E-state index in [-0.39, 0.29) is 12.5 Å². The molecule has 0 atom stereocenters. The van der Waals surface area contributed by atoms with E-state index in [0.717, 1.165) is 66.3 Å². The number of aromatic nitrogens is 2. The van der Waals surface area contributed by atoms with E-state index in [0.29, 0.717) is 11.6 Å². The SMILES string of the molecule is CN1CCN(C(=O)COc2cccc(-c3nc(Nc4ccc5c(c4)C=NC5)c4ccccc4n3)c2)CC1. The average Bonchev–Trinajstić information content (AvgIpc) is 3.40. The van der Waals surface area contributed by atoms with Crippen LogP contribution in [0.4, 0.5) is 11.5 Å². The highest BCUT2D eigenvalue weighted by Gasteiger charge is 2.19. The summed E-state index contributed by atoms with van der Waals surface area (Å²) in [5.41, 5.74) is 4.95. The minimum Gasteiger partial charge on any atom is -0.484 e. The Labute approximate surface area is 215 Å². The van der Waals surface area contributed by atoms with Gasteiger partial charge >= 0.3 is 0 Å². The molecule has 6 rings (SSSR count). The molecule has 3 aromatic carbocycles. The molecule has 2 aliphatic heterocycles. The van der Waals surface area contributed by atoms with E-state index >= 15 is 0 Å². The van der Waals surface area contributed by atoms with Crippen molar-refractivity contribution in [1.29, 1.82) is 0 Å². The van der Waals surface area contributed by atoms with E-state index in [2.05, 4.69) is 40.5 Å². The maximum Gasteiger partial charge on any atom is 0.260 e. The third kappa shape index (κ3) is 5.01. The summed E-state index contributed by atoms with van der Waals surface area (Å²) in [5, 5.41) is 4.42. The van der Waals surface area contributed by atoms with Gasteiger partial charge in [-0.05, 0) is 54.6 Å². The molecule has 8 heteroatoms. The van der Waals surface area contributed by atoms with Gasteiger partial charge in [-0.3, -0.25) is 9.79 Å². The first-order valence-corrected chi connectivity index (χ1v) is 12.5. The summed E-state index contributed by atoms with van der Waals surface area (Å²) in [6, 6.07) is 21.8. The summed E-state index contributed by atoms with van der Waals surface area (Å²) in [4.78, 5) is 30.7. The van der Waals surface area contributed by atoms with Gasteiger partial charge in [0.25, 0.3) is 5.91 Å². The van der Waals surface area contributed by atoms with Crippen LogP contribution >= 0.6 is 0 Å². The normalized spacial score (nSPS) is 15.1. The molecule has 0 spiro atoms. The summed E-state index contributed by atoms with van der Waals surface area (Å²) in [6.07, 6.45) is 1.91. The molecule has 4 aromatic rings. The maximum absolute atomic E-state index is 12.6. The summed E-state index contributed by atoms with van der Waals surface area (Å²) < 4.78 is 5.88. The lowest BCUT2D eigenvalue weighted by molar-refractivity contribution is -0.134. The standard InChI is InChI=1S/C29H28N6O2/c1-34-11-13-35(14-12-34)27(36)19-37-24-6-4-5-20(16-24)28-32-26-8-3-2-7-25(26)29(33-28)31-23-10-9-21-17-30-18-22(21)15-23/h2-10,15-16,18H,11-14,17,19H2,1H3,(H,31,32,33). The van der Waals surface area contributed by atoms with Gasteiger partial charge in [-0.1, -0.05) is 30.3 Å². The largest absolute Gasteiger partial charge is 0.484 e. The third-order valence-electron chi connectivity index (χ3n) is 6.81. The van der Waals surface area contributed by atoms with Gasteiger partial charge in [-0.25, -0.2) is 9.97 Å². The smallest absolute Gasteiger partial charge is 0.260 e. The fourth-order valence-corrected chi connectivity index (χ4v) is 4.63. The van der Waals surface area contributed by atoms with E-state index in [4.69, 9.17) is 14.7 Å². The number of likely N-dealkylation sites (N-methyl/N-ethyl adjacent to an activating group) is 1. The summed E-state index contributed by atoms with van der Waals surface area (Å²) in [7, 11) is 2.07. The molecule has 0 bridgehead atoms. The van der Waals surface area contributed by atoms with Crippen LogP contribution in [0.2, 0.25) is 0 Å². The van der Waals surface area contributed by atoms with E-state index < -0.39 is 0 Å². The number of nitrogens with zero attached hydrogens (tertiary/aromatic N) is 5. The highest BCUT2D eigenvalue weighted by Crippen LogP contribution is 2.30. The van der Waals surface area contributed by atoms with Crippen LogP contribution in [0.15, 0.2) is 71.7 Å². The Balaban J connectivity index is 1.25. The molecule has 8 nitrogen and oxygen atoms in total. The molecule has 2 aliphatic rings. The molecule has 186 valence electrons. The van der Waals surface area contributed by atoms with Gasteiger partial charge in [0.1, 0.15) is 11.6 Å². The van der Waals surface area contributed by atoms with Crippen LogP contribution in [0.1, 0.15) is 11.1 Å². The molecule has 37 heavy (non-hydrogen) atoms. The number of benzene rings is 3. The second kappa shape index (κ2) is 9.99. The Bertz CT molecular complexity index is 1490. The maximum atomic E-state index is 12.6. The van der Waals surface area contributed by atoms with Gasteiger partial charge in [-0.15, -0.1) is 0 Å². The monoisotopic (exact) mass is 492 g/mol. The first kappa shape index (κ1) is 23.1. The number of carbonyl (C=O) groups is 1. The minimum absolute atomic E-state index is 0.00587. The molecule has 0 radical (unpaired) electrons. The van der Waals surface area contributed by atoms with Crippen molar-refractivity contribution >= 4 is 34.5 Å². The van der Waals surface area contributed by atoms with E-state index in [9.17, 15) is 4.79 Å². The molecular formula is C29H28N6O2. The minimum atomic E-state index is 0.00587. The lowest BCUT2D eigenvalue weighted by Gasteiger charge is -2.32. The molecule has 1 saturated heterocycles. The number of ether oxygens (including phenoxy) is 1. The van der Waals surface area contributed by atoms with Crippen LogP contribution in [0, 0.1) is 0 Å². The second-order valence-electron chi connectivity index (χ2n) is 9.42. The van der Waals surface area contributed by atoms with Gasteiger partial charge in [0.2, 0.25) is 0 Å². The molecule has 1 aromatic heterocycles. The van der Waals surface area contributed by atoms with Crippen molar-refractivity contribution in [2.24, 2.45) is 4.99 Å². The van der Waals surface area contributed by atoms with Gasteiger partial charge in [0, 0.05) is 49.0 Å². The number of aliphatic imine (C=N–C) groups is 1. The predicted octanol–water partition coefficient (Wildman–Crippen LogP) is 4.13. The Morgan fingerprint density at radius 2 is 1.84 bits per heavy atom. The summed E-state index contributed by atoms with van der Waals surface area (Å²) in [6.45, 7) is 3.98. The Hall–Kier alpha value is -4.30. The average molecular weight is 493 g/mol. The quantitative estimate of drug-likeness (QED) is 0.436. The number of amides is 1. The van der Waals surface area contributed by atoms with Crippen molar-refractivity contribution in [2.45, 2.75) is 6.54 Å². The number of hydrogen-bond donors (Lipinski definition) is 1. The fraction of sp³-hybridized carbons (Fsp3) is 0.241. The molecule has 1 fully saturated rings. The fourth-order valence-electron chi connectivity index (χ4n) is 4.63. The first-order valence-electron chi connectivity index (χ1n) is 12.5. The molecule has 3 heterocycles. The van der Waals surface area contributed by atoms with Crippen molar-refractivity contribution in [1.82, 2.24) is 19.8 Å². The van der Waals surface area contributed by atoms with Gasteiger partial charge in [0.15, 0.2) is 12.4 Å². The number of fused-ring (bicyclic) bond motifs is 2. The topological polar surface area (TPSA) is 83.0 Å². The zero-order valence-electron chi connectivity index (χ0n) is 20.7. The lowest BCUT2D eigenvalue weighted by Crippen LogP contribution is -2.48. The third-order valence-corrected chi connectivity index (χ3v) is 6.81. The zero-order chi connectivity index (χ0) is 25.2. The van der Waals surface area contributed by atoms with E-state index in [1.54, 1.807) is 0 Å². The van der Waals surface area contributed by atoms with Crippen LogP contribution < -0.4 is 10.1 Å². The first-order chi connectivity index (χ1) is 18.1. The molecule has 0 aliphatic carbocycles. The number of carbonyl (C=O) groups excluding carboxylic acids is 1. The Kier molecular flexibility index (Phi) is 6.24. The molecule has 0 saturated carbocycles. The molecule has 1 N–H and O–H groups in total. The number of rotatable bonds is 6. The number of nitrogens with one attached hydrogen (secondary N) is 1. The van der Waals surface area contributed by atoms with Crippen LogP contribution in [0.3, 0.4) is 0 Å². The summed E-state index contributed by atoms with van der Waals surface area (Å²) >= 11 is 0. The Morgan fingerprint density at radius 1 is 0.973 bits per heavy atom. The molecular weight excluding hydrogens is 464 g/mol. The van der Waals surface area contributed by atoms with Crippen molar-refractivity contribution in [2.75, 3.05) is 45.2 Å². The highest BCUT2D eigenvalue weighted by atomic mass is 16.5. The highest BCUT2D eigenvalue weighted by molar-refractivity contribution is 5.93. The van der Waals surface area contributed by atoms with Crippen molar-refractivity contribution in [3.05, 3.63) is 77.9 Å². The second-order valence-corrected chi connectivity index (χ2v) is 9.42. The zero-order valence-corrected chi connectivity index (χ0v) is 20.7. The van der Waals surface area contributed by atoms with Gasteiger partial charge in [-0.2, -0.15) is 0 Å². The van der Waals surface area contributed by atoms with E-state index in [1.165, 1.54) is 5.56 Å². The van der Waals surface area contributed by atoms with Crippen molar-refractivity contribution in [3.63, 3.8) is 0 Å². The van der Waals surface area contributed by atoms with Crippen LogP contribution in [-0.2, 0) is 11.3 Å². The lowest BCUT2D eigenvalue weighted by atomic mass is 10.1. The number of hydrogen-bond acceptors (Lipinski definition) is 7. The number of para-hydroxylation sites is 1. The van der Waals surface area contributed by atoms with Gasteiger partial charge in [0.05, 0.1) is 12.1 Å². The van der Waals surface area contributed by atoms with Gasteiger partial charge < -0.3 is 19.9 Å². The van der Waals surface area contributed by atoms with Crippen molar-refractivity contribution in [3.8, 4) is 17.1 Å². The molecule has 0 unspecified atom stereocenters. The number of anilines is 2. The van der Waals surface area contributed by atoms with E-state index in [1.807, 2.05) is 59.6 Å². The number of piperazine rings is 1.